The Bertz CT molecular complexity index is 367. The molecule has 0 amide bonds. The zero-order valence-corrected chi connectivity index (χ0v) is 8.04. The van der Waals surface area contributed by atoms with Gasteiger partial charge in [-0.25, -0.2) is 4.74 Å². The third kappa shape index (κ3) is 1.94. The molecule has 1 saturated heterocycles. The lowest BCUT2D eigenvalue weighted by Crippen LogP contribution is -2.77. The van der Waals surface area contributed by atoms with E-state index in [9.17, 15) is 48.7 Å². The molecule has 0 aromatic carbocycles. The maximum absolute atomic E-state index is 12.7. The summed E-state index contributed by atoms with van der Waals surface area (Å²) in [5.41, 5.74) is 0. The molecule has 0 spiro atoms. The van der Waals surface area contributed by atoms with Crippen molar-refractivity contribution in [1.82, 2.24) is 4.90 Å². The van der Waals surface area contributed by atoms with Crippen LogP contribution in [-0.2, 0) is 9.53 Å². The molecule has 1 aliphatic heterocycles. The van der Waals surface area contributed by atoms with Gasteiger partial charge in [-0.15, -0.1) is 0 Å². The number of alkyl halides is 10. The molecule has 0 atom stereocenters. The zero-order valence-electron chi connectivity index (χ0n) is 8.04. The minimum atomic E-state index is -6.60. The summed E-state index contributed by atoms with van der Waals surface area (Å²) < 4.78 is 128. The third-order valence-electron chi connectivity index (χ3n) is 1.92. The van der Waals surface area contributed by atoms with Gasteiger partial charge in [0, 0.05) is 0 Å². The molecule has 19 heavy (non-hydrogen) atoms. The summed E-state index contributed by atoms with van der Waals surface area (Å²) in [5, 5.41) is 0. The molecule has 0 aromatic rings. The summed E-state index contributed by atoms with van der Waals surface area (Å²) in [4.78, 5) is 6.38. The molecule has 111 valence electrons. The van der Waals surface area contributed by atoms with Crippen molar-refractivity contribution in [2.45, 2.75) is 30.4 Å². The SMILES string of the molecule is O=[C]C(F)(F)N1C(F)(F)C(F)(F)OC(F)(F)C1(F)F. The summed E-state index contributed by atoms with van der Waals surface area (Å²) in [6, 6.07) is -19.3. The average Bonchev–Trinajstić information content (AvgIpc) is 2.12. The summed E-state index contributed by atoms with van der Waals surface area (Å²) in [6.07, 6.45) is -13.6. The Labute approximate surface area is 96.2 Å². The maximum Gasteiger partial charge on any atom is 0.439 e. The van der Waals surface area contributed by atoms with Gasteiger partial charge in [-0.3, -0.25) is 4.79 Å². The highest BCUT2D eigenvalue weighted by atomic mass is 19.4. The normalized spacial score (nSPS) is 28.9. The van der Waals surface area contributed by atoms with E-state index in [1.54, 1.807) is 0 Å². The number of carbonyl (C=O) groups excluding carboxylic acids is 1. The molecule has 1 radical (unpaired) electrons. The molecule has 0 bridgehead atoms. The van der Waals surface area contributed by atoms with Crippen LogP contribution in [0.5, 0.6) is 0 Å². The average molecular weight is 308 g/mol. The highest BCUT2D eigenvalue weighted by Crippen LogP contribution is 2.58. The van der Waals surface area contributed by atoms with E-state index in [0.29, 0.717) is 0 Å². The van der Waals surface area contributed by atoms with Gasteiger partial charge in [0.15, 0.2) is 0 Å². The number of ether oxygens (including phenoxy) is 1. The molecule has 1 fully saturated rings. The van der Waals surface area contributed by atoms with Crippen molar-refractivity contribution >= 4 is 6.29 Å². The third-order valence-corrected chi connectivity index (χ3v) is 1.92. The summed E-state index contributed by atoms with van der Waals surface area (Å²) >= 11 is 0. The van der Waals surface area contributed by atoms with Crippen LogP contribution in [0.25, 0.3) is 0 Å². The molecule has 1 rings (SSSR count). The second-order valence-corrected chi connectivity index (χ2v) is 3.20. The van der Waals surface area contributed by atoms with E-state index in [1.807, 2.05) is 4.74 Å². The molecular weight excluding hydrogens is 308 g/mol. The smallest absolute Gasteiger partial charge is 0.282 e. The van der Waals surface area contributed by atoms with Crippen LogP contribution in [0.2, 0.25) is 0 Å². The van der Waals surface area contributed by atoms with Crippen LogP contribution in [0.15, 0.2) is 0 Å². The number of halogens is 10. The van der Waals surface area contributed by atoms with Crippen molar-refractivity contribution in [1.29, 1.82) is 0 Å². The first-order chi connectivity index (χ1) is 8.13. The van der Waals surface area contributed by atoms with Gasteiger partial charge in [0.05, 0.1) is 0 Å². The van der Waals surface area contributed by atoms with E-state index in [2.05, 4.69) is 0 Å². The Morgan fingerprint density at radius 2 is 1.16 bits per heavy atom. The maximum atomic E-state index is 12.7. The standard InChI is InChI=1S/C6F10NO2/c7-2(8,1-18)17-3(9,10)5(13,14)19-6(15,16)4(17,11)12. The molecule has 0 aromatic heterocycles. The van der Waals surface area contributed by atoms with E-state index in [-0.39, 0.29) is 0 Å². The van der Waals surface area contributed by atoms with E-state index >= 15 is 0 Å². The highest BCUT2D eigenvalue weighted by molar-refractivity contribution is 5.60. The van der Waals surface area contributed by atoms with Gasteiger partial charge in [-0.1, -0.05) is 4.90 Å². The molecule has 1 aliphatic rings. The van der Waals surface area contributed by atoms with Crippen LogP contribution >= 0.6 is 0 Å². The second-order valence-electron chi connectivity index (χ2n) is 3.20. The molecule has 0 N–H and O–H groups in total. The fraction of sp³-hybridized carbons (Fsp3) is 0.833. The topological polar surface area (TPSA) is 29.5 Å². The summed E-state index contributed by atoms with van der Waals surface area (Å²) in [7, 11) is 0. The van der Waals surface area contributed by atoms with Crippen LogP contribution in [0.1, 0.15) is 0 Å². The van der Waals surface area contributed by atoms with Crippen LogP contribution in [0.3, 0.4) is 0 Å². The largest absolute Gasteiger partial charge is 0.439 e. The first-order valence-electron chi connectivity index (χ1n) is 3.92. The zero-order chi connectivity index (χ0) is 15.5. The number of morpholine rings is 1. The molecule has 13 heteroatoms. The summed E-state index contributed by atoms with van der Waals surface area (Å²) in [5.74, 6) is 0. The predicted molar refractivity (Wildman–Crippen MR) is 33.4 cm³/mol. The van der Waals surface area contributed by atoms with Gasteiger partial charge in [-0.2, -0.15) is 43.9 Å². The van der Waals surface area contributed by atoms with E-state index in [4.69, 9.17) is 0 Å². The molecule has 0 aliphatic carbocycles. The van der Waals surface area contributed by atoms with Gasteiger partial charge >= 0.3 is 30.4 Å². The van der Waals surface area contributed by atoms with Crippen LogP contribution in [0, 0.1) is 0 Å². The van der Waals surface area contributed by atoms with E-state index in [1.165, 1.54) is 0 Å². The Balaban J connectivity index is 3.55. The van der Waals surface area contributed by atoms with Gasteiger partial charge in [-0.05, 0) is 0 Å². The van der Waals surface area contributed by atoms with Crippen LogP contribution < -0.4 is 0 Å². The number of hydrogen-bond donors (Lipinski definition) is 0. The molecule has 0 saturated carbocycles. The lowest BCUT2D eigenvalue weighted by molar-refractivity contribution is -0.580. The quantitative estimate of drug-likeness (QED) is 0.579. The van der Waals surface area contributed by atoms with Gasteiger partial charge in [0.2, 0.25) is 0 Å². The molecule has 3 nitrogen and oxygen atoms in total. The Morgan fingerprint density at radius 1 is 0.842 bits per heavy atom. The fourth-order valence-electron chi connectivity index (χ4n) is 1.12. The van der Waals surface area contributed by atoms with Crippen molar-refractivity contribution in [2.24, 2.45) is 0 Å². The van der Waals surface area contributed by atoms with Gasteiger partial charge in [0.25, 0.3) is 6.29 Å². The van der Waals surface area contributed by atoms with Crippen molar-refractivity contribution in [3.8, 4) is 0 Å². The van der Waals surface area contributed by atoms with Crippen LogP contribution in [-0.4, -0.2) is 41.5 Å². The van der Waals surface area contributed by atoms with Crippen LogP contribution in [0.4, 0.5) is 43.9 Å². The molecular formula is C6F10NO2. The minimum absolute atomic E-state index is 0.742. The highest BCUT2D eigenvalue weighted by Gasteiger charge is 2.87. The fourth-order valence-corrected chi connectivity index (χ4v) is 1.12. The van der Waals surface area contributed by atoms with E-state index < -0.39 is 41.5 Å². The Kier molecular flexibility index (Phi) is 3.12. The first-order valence-corrected chi connectivity index (χ1v) is 3.92. The van der Waals surface area contributed by atoms with Crippen molar-refractivity contribution in [3.05, 3.63) is 0 Å². The molecule has 0 unspecified atom stereocenters. The Hall–Kier alpha value is -1.11. The second kappa shape index (κ2) is 3.71. The summed E-state index contributed by atoms with van der Waals surface area (Å²) in [6.45, 7) is 0. The predicted octanol–water partition coefficient (Wildman–Crippen LogP) is 2.39. The molecule has 1 heterocycles. The monoisotopic (exact) mass is 308 g/mol. The number of rotatable bonds is 2. The number of hydrogen-bond acceptors (Lipinski definition) is 3. The van der Waals surface area contributed by atoms with Crippen molar-refractivity contribution in [3.63, 3.8) is 0 Å². The lowest BCUT2D eigenvalue weighted by atomic mass is 10.2. The van der Waals surface area contributed by atoms with E-state index in [0.717, 1.165) is 0 Å². The van der Waals surface area contributed by atoms with Crippen molar-refractivity contribution < 1.29 is 53.4 Å². The van der Waals surface area contributed by atoms with Crippen molar-refractivity contribution in [2.75, 3.05) is 0 Å². The minimum Gasteiger partial charge on any atom is -0.282 e. The van der Waals surface area contributed by atoms with Gasteiger partial charge < -0.3 is 0 Å². The Morgan fingerprint density at radius 3 is 1.42 bits per heavy atom. The number of nitrogens with zero attached hydrogens (tertiary/aromatic N) is 1. The van der Waals surface area contributed by atoms with Gasteiger partial charge in [0.1, 0.15) is 0 Å². The lowest BCUT2D eigenvalue weighted by Gasteiger charge is -2.47. The first kappa shape index (κ1) is 15.9.